The van der Waals surface area contributed by atoms with Crippen molar-refractivity contribution >= 4 is 90.1 Å². The number of halogens is 7. The smallest absolute Gasteiger partial charge is 0.121 e. The second-order valence-corrected chi connectivity index (χ2v) is 19.1. The van der Waals surface area contributed by atoms with Crippen molar-refractivity contribution in [3.05, 3.63) is 10.4 Å². The van der Waals surface area contributed by atoms with E-state index in [1.54, 1.807) is 0 Å². The third-order valence-electron chi connectivity index (χ3n) is 0.561. The fourth-order valence-electron chi connectivity index (χ4n) is 0.226. The molecule has 0 nitrogen and oxygen atoms in total. The lowest BCUT2D eigenvalue weighted by molar-refractivity contribution is 2.27. The topological polar surface area (TPSA) is 0 Å². The maximum absolute atomic E-state index is 5.55. The van der Waals surface area contributed by atoms with Crippen LogP contribution < -0.4 is 0 Å². The molecule has 0 bridgehead atoms. The van der Waals surface area contributed by atoms with Gasteiger partial charge in [-0.2, -0.15) is 0 Å². The Balaban J connectivity index is 4.49. The molecule has 0 heterocycles. The molecular weight excluding hydrogens is 328 g/mol. The average molecular weight is 329 g/mol. The number of rotatable bonds is 2. The van der Waals surface area contributed by atoms with Gasteiger partial charge >= 0.3 is 12.0 Å². The van der Waals surface area contributed by atoms with Crippen molar-refractivity contribution in [2.45, 2.75) is 0 Å². The van der Waals surface area contributed by atoms with Gasteiger partial charge in [0.1, 0.15) is 0 Å². The fraction of sp³-hybridized carbons (Fsp3) is 0. The predicted molar refractivity (Wildman–Crippen MR) is 60.6 cm³/mol. The summed E-state index contributed by atoms with van der Waals surface area (Å²) in [7, 11) is 0. The summed E-state index contributed by atoms with van der Waals surface area (Å²) in [6, 6.07) is -5.97. The van der Waals surface area contributed by atoms with Gasteiger partial charge in [-0.3, -0.25) is 0 Å². The summed E-state index contributed by atoms with van der Waals surface area (Å²) in [6.07, 6.45) is 0. The van der Waals surface area contributed by atoms with Gasteiger partial charge in [-0.25, -0.2) is 0 Å². The Kier molecular flexibility index (Phi) is 5.55. The van der Waals surface area contributed by atoms with Gasteiger partial charge in [0, 0.05) is 4.66 Å². The zero-order chi connectivity index (χ0) is 9.28. The normalized spacial score (nSPS) is 15.4. The Morgan fingerprint density at radius 2 is 1.27 bits per heavy atom. The summed E-state index contributed by atoms with van der Waals surface area (Å²) in [5.74, 6) is 0. The van der Waals surface area contributed by atoms with Gasteiger partial charge in [-0.1, -0.05) is 11.6 Å². The lowest BCUT2D eigenvalue weighted by Crippen LogP contribution is -2.15. The molecule has 0 unspecified atom stereocenters. The lowest BCUT2D eigenvalue weighted by atomic mass is 11.2. The van der Waals surface area contributed by atoms with Crippen LogP contribution in [0.25, 0.3) is 0 Å². The molecule has 0 fully saturated rings. The molecule has 9 heteroatoms. The van der Waals surface area contributed by atoms with Crippen LogP contribution in [0.2, 0.25) is 0 Å². The van der Waals surface area contributed by atoms with Crippen molar-refractivity contribution in [3.63, 3.8) is 0 Å². The molecule has 0 aromatic carbocycles. The molecular formula is C2HCl7Si2. The molecule has 0 saturated heterocycles. The molecule has 0 saturated carbocycles. The second-order valence-electron chi connectivity index (χ2n) is 1.53. The minimum atomic E-state index is -3.05. The van der Waals surface area contributed by atoms with E-state index in [0.717, 1.165) is 0 Å². The minimum Gasteiger partial charge on any atom is -0.121 e. The highest BCUT2D eigenvalue weighted by atomic mass is 35.8. The van der Waals surface area contributed by atoms with Gasteiger partial charge in [0.15, 0.2) is 0 Å². The number of hydrogen-bond donors (Lipinski definition) is 0. The Morgan fingerprint density at radius 1 is 0.909 bits per heavy atom. The van der Waals surface area contributed by atoms with E-state index in [1.165, 1.54) is 5.70 Å². The highest BCUT2D eigenvalue weighted by molar-refractivity contribution is 7.70. The first kappa shape index (κ1) is 13.2. The summed E-state index contributed by atoms with van der Waals surface area (Å²) in [5.41, 5.74) is 1.22. The van der Waals surface area contributed by atoms with Crippen LogP contribution in [0.1, 0.15) is 0 Å². The molecule has 0 aromatic rings. The standard InChI is InChI=1S/C2HCl7Si2/c3-2(11(7,8)9)1-10(4,5)6/h1H/b2-1+. The minimum absolute atomic E-state index is 0.0502. The van der Waals surface area contributed by atoms with Crippen LogP contribution in [0.15, 0.2) is 10.4 Å². The molecule has 0 aliphatic rings. The van der Waals surface area contributed by atoms with E-state index >= 15 is 0 Å². The van der Waals surface area contributed by atoms with E-state index in [9.17, 15) is 0 Å². The Morgan fingerprint density at radius 3 is 1.36 bits per heavy atom. The molecule has 0 aliphatic carbocycles. The Hall–Kier alpha value is 2.20. The first-order valence-corrected chi connectivity index (χ1v) is 12.7. The summed E-state index contributed by atoms with van der Waals surface area (Å²) < 4.78 is 0.0502. The van der Waals surface area contributed by atoms with Crippen LogP contribution in [0.4, 0.5) is 0 Å². The van der Waals surface area contributed by atoms with Crippen molar-refractivity contribution < 1.29 is 0 Å². The number of hydrogen-bond acceptors (Lipinski definition) is 0. The molecule has 0 atom stereocenters. The van der Waals surface area contributed by atoms with E-state index in [0.29, 0.717) is 0 Å². The quantitative estimate of drug-likeness (QED) is 0.517. The lowest BCUT2D eigenvalue weighted by Gasteiger charge is -2.07. The van der Waals surface area contributed by atoms with E-state index in [1.807, 2.05) is 0 Å². The first-order chi connectivity index (χ1) is 4.63. The van der Waals surface area contributed by atoms with E-state index in [2.05, 4.69) is 0 Å². The average Bonchev–Trinajstić information content (AvgIpc) is 1.56. The summed E-state index contributed by atoms with van der Waals surface area (Å²) in [4.78, 5) is 0. The largest absolute Gasteiger partial charge is 0.383 e. The van der Waals surface area contributed by atoms with E-state index < -0.39 is 12.0 Å². The molecule has 0 N–H and O–H groups in total. The van der Waals surface area contributed by atoms with Crippen molar-refractivity contribution in [1.82, 2.24) is 0 Å². The fourth-order valence-corrected chi connectivity index (χ4v) is 6.09. The van der Waals surface area contributed by atoms with Crippen LogP contribution in [0.3, 0.4) is 0 Å². The second kappa shape index (κ2) is 4.62. The van der Waals surface area contributed by atoms with Crippen molar-refractivity contribution in [2.24, 2.45) is 0 Å². The Bertz CT molecular complexity index is 162. The van der Waals surface area contributed by atoms with E-state index in [-0.39, 0.29) is 4.66 Å². The van der Waals surface area contributed by atoms with Crippen LogP contribution in [-0.4, -0.2) is 12.0 Å². The van der Waals surface area contributed by atoms with Gasteiger partial charge in [0.05, 0.1) is 0 Å². The van der Waals surface area contributed by atoms with E-state index in [4.69, 9.17) is 78.1 Å². The van der Waals surface area contributed by atoms with Gasteiger partial charge < -0.3 is 0 Å². The SMILES string of the molecule is Cl/C(=C\[Si](Cl)(Cl)Cl)[Si](Cl)(Cl)Cl. The molecule has 0 aliphatic heterocycles. The maximum atomic E-state index is 5.55. The highest BCUT2D eigenvalue weighted by Crippen LogP contribution is 2.35. The summed E-state index contributed by atoms with van der Waals surface area (Å²) in [6.45, 7) is 0. The summed E-state index contributed by atoms with van der Waals surface area (Å²) in [5, 5.41) is 0. The highest BCUT2D eigenvalue weighted by Gasteiger charge is 2.34. The monoisotopic (exact) mass is 326 g/mol. The molecule has 0 amide bonds. The molecule has 66 valence electrons. The third kappa shape index (κ3) is 7.29. The third-order valence-corrected chi connectivity index (χ3v) is 6.98. The van der Waals surface area contributed by atoms with Crippen molar-refractivity contribution in [3.8, 4) is 0 Å². The van der Waals surface area contributed by atoms with Crippen LogP contribution in [0, 0.1) is 0 Å². The van der Waals surface area contributed by atoms with Crippen LogP contribution in [-0.2, 0) is 0 Å². The van der Waals surface area contributed by atoms with Crippen LogP contribution in [0.5, 0.6) is 0 Å². The van der Waals surface area contributed by atoms with Gasteiger partial charge in [-0.05, 0) is 5.70 Å². The first-order valence-electron chi connectivity index (χ1n) is 2.15. The van der Waals surface area contributed by atoms with Gasteiger partial charge in [0.2, 0.25) is 0 Å². The van der Waals surface area contributed by atoms with Crippen molar-refractivity contribution in [2.75, 3.05) is 0 Å². The molecule has 0 spiro atoms. The maximum Gasteiger partial charge on any atom is 0.383 e. The van der Waals surface area contributed by atoms with Crippen LogP contribution >= 0.6 is 78.1 Å². The summed E-state index contributed by atoms with van der Waals surface area (Å²) >= 11 is 38.5. The molecule has 0 aromatic heterocycles. The zero-order valence-corrected chi connectivity index (χ0v) is 12.0. The molecule has 0 rings (SSSR count). The Labute approximate surface area is 99.5 Å². The van der Waals surface area contributed by atoms with Gasteiger partial charge in [0.25, 0.3) is 0 Å². The zero-order valence-electron chi connectivity index (χ0n) is 4.72. The van der Waals surface area contributed by atoms with Gasteiger partial charge in [-0.15, -0.1) is 66.5 Å². The predicted octanol–water partition coefficient (Wildman–Crippen LogP) is 4.50. The molecule has 0 radical (unpaired) electrons. The molecule has 11 heavy (non-hydrogen) atoms. The van der Waals surface area contributed by atoms with Crippen molar-refractivity contribution in [1.29, 1.82) is 0 Å².